The number of aryl methyl sites for hydroxylation is 1. The predicted molar refractivity (Wildman–Crippen MR) is 153 cm³/mol. The van der Waals surface area contributed by atoms with Crippen molar-refractivity contribution in [1.82, 2.24) is 25.0 Å². The molecule has 8 nitrogen and oxygen atoms in total. The topological polar surface area (TPSA) is 89.3 Å². The highest BCUT2D eigenvalue weighted by Crippen LogP contribution is 2.34. The first-order valence-corrected chi connectivity index (χ1v) is 14.0. The van der Waals surface area contributed by atoms with Gasteiger partial charge in [0.1, 0.15) is 11.6 Å². The molecule has 0 fully saturated rings. The summed E-state index contributed by atoms with van der Waals surface area (Å²) in [6, 6.07) is 3.80. The van der Waals surface area contributed by atoms with Crippen molar-refractivity contribution in [2.45, 2.75) is 85.2 Å². The molecule has 0 spiro atoms. The number of carbonyl (C=O) groups excluding carboxylic acids is 2. The standard InChI is InChI=1S/C31H41N5O3/c1-7-10-22(29-34-33-27-14-16-31(4,5)36(27)29)13-9-12-21(3)32-30(38)25-18-24-20-35(28(37)11-8-2)17-15-23(24)19-26(25)39-6/h9-10,12-13,18-19H,7-8,11,14-17,20H2,1-6H3,(H,32,38)/b13-9-,21-12+,22-10-. The van der Waals surface area contributed by atoms with E-state index in [-0.39, 0.29) is 17.4 Å². The monoisotopic (exact) mass is 531 g/mol. The van der Waals surface area contributed by atoms with Gasteiger partial charge in [0.15, 0.2) is 5.82 Å². The lowest BCUT2D eigenvalue weighted by Crippen LogP contribution is -2.36. The molecule has 4 rings (SSSR count). The van der Waals surface area contributed by atoms with Crippen LogP contribution in [0.15, 0.2) is 42.1 Å². The number of nitrogens with one attached hydrogen (secondary N) is 1. The maximum atomic E-state index is 13.3. The van der Waals surface area contributed by atoms with Crippen LogP contribution in [0.25, 0.3) is 5.57 Å². The van der Waals surface area contributed by atoms with Crippen LogP contribution in [0, 0.1) is 0 Å². The largest absolute Gasteiger partial charge is 0.496 e. The highest BCUT2D eigenvalue weighted by atomic mass is 16.5. The highest BCUT2D eigenvalue weighted by Gasteiger charge is 2.33. The molecule has 0 aliphatic carbocycles. The van der Waals surface area contributed by atoms with Crippen molar-refractivity contribution in [3.63, 3.8) is 0 Å². The first-order chi connectivity index (χ1) is 18.7. The number of hydrogen-bond donors (Lipinski definition) is 1. The first-order valence-electron chi connectivity index (χ1n) is 14.0. The van der Waals surface area contributed by atoms with E-state index < -0.39 is 0 Å². The molecule has 3 heterocycles. The third kappa shape index (κ3) is 6.15. The summed E-state index contributed by atoms with van der Waals surface area (Å²) in [6.45, 7) is 11.6. The minimum Gasteiger partial charge on any atom is -0.496 e. The van der Waals surface area contributed by atoms with Crippen LogP contribution in [0.5, 0.6) is 5.75 Å². The summed E-state index contributed by atoms with van der Waals surface area (Å²) in [7, 11) is 1.58. The molecule has 1 N–H and O–H groups in total. The van der Waals surface area contributed by atoms with Crippen LogP contribution >= 0.6 is 0 Å². The van der Waals surface area contributed by atoms with Gasteiger partial charge in [0.05, 0.1) is 12.7 Å². The van der Waals surface area contributed by atoms with E-state index >= 15 is 0 Å². The number of nitrogens with zero attached hydrogens (tertiary/aromatic N) is 4. The van der Waals surface area contributed by atoms with Crippen molar-refractivity contribution < 1.29 is 14.3 Å². The van der Waals surface area contributed by atoms with E-state index in [4.69, 9.17) is 4.74 Å². The summed E-state index contributed by atoms with van der Waals surface area (Å²) in [5, 5.41) is 11.9. The molecule has 2 aliphatic heterocycles. The zero-order valence-electron chi connectivity index (χ0n) is 24.1. The molecule has 39 heavy (non-hydrogen) atoms. The third-order valence-corrected chi connectivity index (χ3v) is 7.51. The molecular formula is C31H41N5O3. The Morgan fingerprint density at radius 3 is 2.67 bits per heavy atom. The van der Waals surface area contributed by atoms with Gasteiger partial charge in [-0.3, -0.25) is 9.59 Å². The van der Waals surface area contributed by atoms with E-state index in [0.29, 0.717) is 36.5 Å². The lowest BCUT2D eigenvalue weighted by atomic mass is 9.96. The van der Waals surface area contributed by atoms with Crippen molar-refractivity contribution >= 4 is 17.4 Å². The van der Waals surface area contributed by atoms with Crippen molar-refractivity contribution in [3.05, 3.63) is 70.5 Å². The SMILES string of the molecule is CC/C=C(/C=C\C=C(/C)NC(=O)c1cc2c(cc1OC)CCN(C(=O)CCC)C2)c1nnc2n1C(C)(C)CC2. The lowest BCUT2D eigenvalue weighted by molar-refractivity contribution is -0.132. The summed E-state index contributed by atoms with van der Waals surface area (Å²) >= 11 is 0. The van der Waals surface area contributed by atoms with Gasteiger partial charge in [-0.15, -0.1) is 10.2 Å². The summed E-state index contributed by atoms with van der Waals surface area (Å²) in [6.07, 6.45) is 13.0. The molecule has 0 atom stereocenters. The van der Waals surface area contributed by atoms with Crippen LogP contribution in [-0.2, 0) is 29.7 Å². The molecule has 8 heteroatoms. The molecule has 0 unspecified atom stereocenters. The maximum Gasteiger partial charge on any atom is 0.259 e. The summed E-state index contributed by atoms with van der Waals surface area (Å²) in [4.78, 5) is 27.6. The average molecular weight is 532 g/mol. The Kier molecular flexibility index (Phi) is 8.73. The normalized spacial score (nSPS) is 16.8. The summed E-state index contributed by atoms with van der Waals surface area (Å²) in [5.41, 5.74) is 4.29. The van der Waals surface area contributed by atoms with Gasteiger partial charge >= 0.3 is 0 Å². The Morgan fingerprint density at radius 1 is 1.15 bits per heavy atom. The Balaban J connectivity index is 1.50. The van der Waals surface area contributed by atoms with Crippen LogP contribution in [-0.4, -0.2) is 45.1 Å². The van der Waals surface area contributed by atoms with Gasteiger partial charge < -0.3 is 19.5 Å². The number of ether oxygens (including phenoxy) is 1. The third-order valence-electron chi connectivity index (χ3n) is 7.51. The number of allylic oxidation sites excluding steroid dienone is 6. The molecule has 1 aromatic carbocycles. The second kappa shape index (κ2) is 12.0. The summed E-state index contributed by atoms with van der Waals surface area (Å²) in [5.74, 6) is 2.37. The predicted octanol–water partition coefficient (Wildman–Crippen LogP) is 5.34. The van der Waals surface area contributed by atoms with Crippen molar-refractivity contribution in [3.8, 4) is 5.75 Å². The zero-order valence-corrected chi connectivity index (χ0v) is 24.1. The fourth-order valence-corrected chi connectivity index (χ4v) is 5.39. The maximum absolute atomic E-state index is 13.3. The molecule has 0 radical (unpaired) electrons. The number of amides is 2. The fourth-order valence-electron chi connectivity index (χ4n) is 5.39. The first kappa shape index (κ1) is 28.3. The number of carbonyl (C=O) groups is 2. The lowest BCUT2D eigenvalue weighted by Gasteiger charge is -2.29. The molecule has 2 aromatic rings. The number of aromatic nitrogens is 3. The van der Waals surface area contributed by atoms with Crippen LogP contribution in [0.1, 0.15) is 93.4 Å². The number of fused-ring (bicyclic) bond motifs is 2. The number of methoxy groups -OCH3 is 1. The highest BCUT2D eigenvalue weighted by molar-refractivity contribution is 5.98. The molecule has 2 aliphatic rings. The quantitative estimate of drug-likeness (QED) is 0.442. The van der Waals surface area contributed by atoms with Gasteiger partial charge in [-0.05, 0) is 75.8 Å². The number of rotatable bonds is 9. The van der Waals surface area contributed by atoms with Crippen molar-refractivity contribution in [1.29, 1.82) is 0 Å². The van der Waals surface area contributed by atoms with Crippen molar-refractivity contribution in [2.75, 3.05) is 13.7 Å². The Labute approximate surface area is 231 Å². The molecule has 0 bridgehead atoms. The van der Waals surface area contributed by atoms with E-state index in [1.807, 2.05) is 49.1 Å². The van der Waals surface area contributed by atoms with E-state index in [2.05, 4.69) is 46.9 Å². The summed E-state index contributed by atoms with van der Waals surface area (Å²) < 4.78 is 7.81. The number of hydrogen-bond acceptors (Lipinski definition) is 5. The van der Waals surface area contributed by atoms with Crippen LogP contribution in [0.3, 0.4) is 0 Å². The Hall–Kier alpha value is -3.68. The Bertz CT molecular complexity index is 1330. The smallest absolute Gasteiger partial charge is 0.259 e. The molecule has 2 amide bonds. The van der Waals surface area contributed by atoms with Gasteiger partial charge in [0, 0.05) is 42.7 Å². The average Bonchev–Trinajstić information content (AvgIpc) is 3.48. The Morgan fingerprint density at radius 2 is 1.95 bits per heavy atom. The molecule has 208 valence electrons. The molecule has 0 saturated heterocycles. The van der Waals surface area contributed by atoms with E-state index in [1.54, 1.807) is 7.11 Å². The molecule has 0 saturated carbocycles. The van der Waals surface area contributed by atoms with Gasteiger partial charge in [-0.1, -0.05) is 32.1 Å². The van der Waals surface area contributed by atoms with Gasteiger partial charge in [-0.25, -0.2) is 0 Å². The minimum atomic E-state index is -0.241. The molecular weight excluding hydrogens is 490 g/mol. The van der Waals surface area contributed by atoms with Crippen LogP contribution in [0.4, 0.5) is 0 Å². The van der Waals surface area contributed by atoms with Gasteiger partial charge in [0.25, 0.3) is 5.91 Å². The van der Waals surface area contributed by atoms with Crippen LogP contribution < -0.4 is 10.1 Å². The molecule has 1 aromatic heterocycles. The fraction of sp³-hybridized carbons (Fsp3) is 0.484. The number of benzene rings is 1. The van der Waals surface area contributed by atoms with Crippen LogP contribution in [0.2, 0.25) is 0 Å². The zero-order chi connectivity index (χ0) is 28.2. The van der Waals surface area contributed by atoms with Gasteiger partial charge in [-0.2, -0.15) is 0 Å². The second-order valence-electron chi connectivity index (χ2n) is 11.0. The van der Waals surface area contributed by atoms with Crippen molar-refractivity contribution in [2.24, 2.45) is 0 Å². The minimum absolute atomic E-state index is 0.0111. The second-order valence-corrected chi connectivity index (χ2v) is 11.0. The van der Waals surface area contributed by atoms with Gasteiger partial charge in [0.2, 0.25) is 5.91 Å². The van der Waals surface area contributed by atoms with E-state index in [9.17, 15) is 9.59 Å². The van der Waals surface area contributed by atoms with E-state index in [0.717, 1.165) is 60.5 Å². The van der Waals surface area contributed by atoms with E-state index in [1.165, 1.54) is 0 Å².